The first-order chi connectivity index (χ1) is 9.02. The molecular formula is C15H20O4. The molecular weight excluding hydrogens is 244 g/mol. The number of carbonyl (C=O) groups is 1. The minimum absolute atomic E-state index is 0.147. The van der Waals surface area contributed by atoms with E-state index in [4.69, 9.17) is 14.2 Å². The first-order valence-corrected chi connectivity index (χ1v) is 6.08. The number of carbonyl (C=O) groups excluding carboxylic acids is 1. The van der Waals surface area contributed by atoms with Gasteiger partial charge in [0, 0.05) is 12.7 Å². The Bertz CT molecular complexity index is 422. The zero-order valence-corrected chi connectivity index (χ0v) is 11.6. The zero-order chi connectivity index (χ0) is 14.3. The van der Waals surface area contributed by atoms with Crippen molar-refractivity contribution in [2.45, 2.75) is 20.0 Å². The van der Waals surface area contributed by atoms with Crippen LogP contribution in [0.1, 0.15) is 12.5 Å². The van der Waals surface area contributed by atoms with E-state index in [-0.39, 0.29) is 12.7 Å². The van der Waals surface area contributed by atoms with Gasteiger partial charge in [0.15, 0.2) is 0 Å². The highest BCUT2D eigenvalue weighted by Crippen LogP contribution is 2.12. The fourth-order valence-electron chi connectivity index (χ4n) is 1.30. The Morgan fingerprint density at radius 3 is 2.42 bits per heavy atom. The summed E-state index contributed by atoms with van der Waals surface area (Å²) >= 11 is 0. The van der Waals surface area contributed by atoms with Gasteiger partial charge in [-0.05, 0) is 26.0 Å². The van der Waals surface area contributed by atoms with Gasteiger partial charge in [-0.25, -0.2) is 4.79 Å². The van der Waals surface area contributed by atoms with Gasteiger partial charge < -0.3 is 14.2 Å². The number of hydrogen-bond acceptors (Lipinski definition) is 4. The van der Waals surface area contributed by atoms with Gasteiger partial charge in [-0.15, -0.1) is 0 Å². The molecule has 4 heteroatoms. The van der Waals surface area contributed by atoms with Crippen LogP contribution in [0.4, 0.5) is 0 Å². The SMILES string of the molecule is C=C(C)C(=O)OCC(COc1ccc(C)cc1)OC. The topological polar surface area (TPSA) is 44.8 Å². The van der Waals surface area contributed by atoms with Gasteiger partial charge in [0.25, 0.3) is 0 Å². The molecule has 104 valence electrons. The van der Waals surface area contributed by atoms with E-state index in [0.29, 0.717) is 12.2 Å². The van der Waals surface area contributed by atoms with Gasteiger partial charge in [-0.2, -0.15) is 0 Å². The number of esters is 1. The number of benzene rings is 1. The molecule has 1 unspecified atom stereocenters. The molecule has 1 aromatic carbocycles. The second-order valence-electron chi connectivity index (χ2n) is 4.36. The highest BCUT2D eigenvalue weighted by Gasteiger charge is 2.12. The molecule has 0 saturated heterocycles. The molecule has 0 fully saturated rings. The molecule has 0 aromatic heterocycles. The van der Waals surface area contributed by atoms with Crippen LogP contribution in [0.2, 0.25) is 0 Å². The smallest absolute Gasteiger partial charge is 0.333 e. The van der Waals surface area contributed by atoms with Gasteiger partial charge in [-0.1, -0.05) is 24.3 Å². The van der Waals surface area contributed by atoms with Gasteiger partial charge in [-0.3, -0.25) is 0 Å². The van der Waals surface area contributed by atoms with Crippen LogP contribution in [0.3, 0.4) is 0 Å². The summed E-state index contributed by atoms with van der Waals surface area (Å²) in [5.74, 6) is 0.344. The van der Waals surface area contributed by atoms with E-state index in [1.54, 1.807) is 14.0 Å². The number of aryl methyl sites for hydroxylation is 1. The minimum atomic E-state index is -0.419. The standard InChI is InChI=1S/C15H20O4/c1-11(2)15(16)19-10-14(17-4)9-18-13-7-5-12(3)6-8-13/h5-8,14H,1,9-10H2,2-4H3. The summed E-state index contributed by atoms with van der Waals surface area (Å²) in [6.07, 6.45) is -0.301. The van der Waals surface area contributed by atoms with Crippen molar-refractivity contribution >= 4 is 5.97 Å². The lowest BCUT2D eigenvalue weighted by atomic mass is 10.2. The lowest BCUT2D eigenvalue weighted by molar-refractivity contribution is -0.143. The number of hydrogen-bond donors (Lipinski definition) is 0. The largest absolute Gasteiger partial charge is 0.491 e. The van der Waals surface area contributed by atoms with Crippen LogP contribution < -0.4 is 4.74 Å². The van der Waals surface area contributed by atoms with Gasteiger partial charge in [0.1, 0.15) is 25.1 Å². The average Bonchev–Trinajstić information content (AvgIpc) is 2.40. The van der Waals surface area contributed by atoms with Crippen molar-refractivity contribution in [3.63, 3.8) is 0 Å². The molecule has 0 spiro atoms. The van der Waals surface area contributed by atoms with Crippen molar-refractivity contribution in [3.8, 4) is 5.75 Å². The molecule has 0 aliphatic heterocycles. The van der Waals surface area contributed by atoms with Crippen molar-refractivity contribution in [3.05, 3.63) is 42.0 Å². The van der Waals surface area contributed by atoms with E-state index >= 15 is 0 Å². The second-order valence-corrected chi connectivity index (χ2v) is 4.36. The van der Waals surface area contributed by atoms with E-state index in [1.807, 2.05) is 31.2 Å². The lowest BCUT2D eigenvalue weighted by Gasteiger charge is -2.16. The Kier molecular flexibility index (Phi) is 6.09. The Balaban J connectivity index is 2.38. The number of rotatable bonds is 7. The maximum Gasteiger partial charge on any atom is 0.333 e. The van der Waals surface area contributed by atoms with E-state index in [9.17, 15) is 4.79 Å². The maximum absolute atomic E-state index is 11.3. The van der Waals surface area contributed by atoms with Gasteiger partial charge >= 0.3 is 5.97 Å². The van der Waals surface area contributed by atoms with Crippen LogP contribution in [0.25, 0.3) is 0 Å². The highest BCUT2D eigenvalue weighted by molar-refractivity contribution is 5.86. The second kappa shape index (κ2) is 7.59. The first-order valence-electron chi connectivity index (χ1n) is 6.08. The summed E-state index contributed by atoms with van der Waals surface area (Å²) in [4.78, 5) is 11.3. The van der Waals surface area contributed by atoms with E-state index in [0.717, 1.165) is 5.75 Å². The van der Waals surface area contributed by atoms with Crippen molar-refractivity contribution < 1.29 is 19.0 Å². The van der Waals surface area contributed by atoms with E-state index in [1.165, 1.54) is 5.56 Å². The van der Waals surface area contributed by atoms with Crippen molar-refractivity contribution in [1.82, 2.24) is 0 Å². The predicted octanol–water partition coefficient (Wildman–Crippen LogP) is 2.51. The van der Waals surface area contributed by atoms with E-state index in [2.05, 4.69) is 6.58 Å². The summed E-state index contributed by atoms with van der Waals surface area (Å²) in [5.41, 5.74) is 1.54. The number of ether oxygens (including phenoxy) is 3. The molecule has 0 bridgehead atoms. The summed E-state index contributed by atoms with van der Waals surface area (Å²) in [5, 5.41) is 0. The Morgan fingerprint density at radius 2 is 1.89 bits per heavy atom. The van der Waals surface area contributed by atoms with Crippen LogP contribution in [0.5, 0.6) is 5.75 Å². The third-order valence-corrected chi connectivity index (χ3v) is 2.54. The van der Waals surface area contributed by atoms with Crippen molar-refractivity contribution in [2.75, 3.05) is 20.3 Å². The first kappa shape index (κ1) is 15.2. The predicted molar refractivity (Wildman–Crippen MR) is 73.2 cm³/mol. The lowest BCUT2D eigenvalue weighted by Crippen LogP contribution is -2.27. The Labute approximate surface area is 114 Å². The van der Waals surface area contributed by atoms with Crippen LogP contribution in [-0.2, 0) is 14.3 Å². The quantitative estimate of drug-likeness (QED) is 0.560. The number of methoxy groups -OCH3 is 1. The molecule has 0 aliphatic carbocycles. The molecule has 0 saturated carbocycles. The molecule has 0 N–H and O–H groups in total. The molecule has 0 aliphatic rings. The van der Waals surface area contributed by atoms with Gasteiger partial charge in [0.05, 0.1) is 0 Å². The Hall–Kier alpha value is -1.81. The zero-order valence-electron chi connectivity index (χ0n) is 11.6. The normalized spacial score (nSPS) is 11.7. The van der Waals surface area contributed by atoms with Gasteiger partial charge in [0.2, 0.25) is 0 Å². The molecule has 0 heterocycles. The minimum Gasteiger partial charge on any atom is -0.491 e. The molecule has 1 aromatic rings. The van der Waals surface area contributed by atoms with Crippen LogP contribution in [0, 0.1) is 6.92 Å². The molecule has 19 heavy (non-hydrogen) atoms. The fraction of sp³-hybridized carbons (Fsp3) is 0.400. The van der Waals surface area contributed by atoms with Crippen LogP contribution >= 0.6 is 0 Å². The van der Waals surface area contributed by atoms with Crippen molar-refractivity contribution in [2.24, 2.45) is 0 Å². The third kappa shape index (κ3) is 5.57. The average molecular weight is 264 g/mol. The highest BCUT2D eigenvalue weighted by atomic mass is 16.6. The summed E-state index contributed by atoms with van der Waals surface area (Å²) in [7, 11) is 1.55. The molecule has 1 atom stereocenters. The maximum atomic E-state index is 11.3. The molecule has 0 amide bonds. The van der Waals surface area contributed by atoms with Crippen LogP contribution in [0.15, 0.2) is 36.4 Å². The molecule has 0 radical (unpaired) electrons. The monoisotopic (exact) mass is 264 g/mol. The van der Waals surface area contributed by atoms with E-state index < -0.39 is 5.97 Å². The fourth-order valence-corrected chi connectivity index (χ4v) is 1.30. The summed E-state index contributed by atoms with van der Waals surface area (Å²) < 4.78 is 15.8. The van der Waals surface area contributed by atoms with Crippen molar-refractivity contribution in [1.29, 1.82) is 0 Å². The summed E-state index contributed by atoms with van der Waals surface area (Å²) in [6.45, 7) is 7.60. The molecule has 4 nitrogen and oxygen atoms in total. The van der Waals surface area contributed by atoms with Crippen LogP contribution in [-0.4, -0.2) is 32.4 Å². The molecule has 1 rings (SSSR count). The summed E-state index contributed by atoms with van der Waals surface area (Å²) in [6, 6.07) is 7.72. The third-order valence-electron chi connectivity index (χ3n) is 2.54. The Morgan fingerprint density at radius 1 is 1.26 bits per heavy atom.